The van der Waals surface area contributed by atoms with Crippen LogP contribution in [0.3, 0.4) is 0 Å². The number of aromatic nitrogens is 1. The van der Waals surface area contributed by atoms with E-state index < -0.39 is 0 Å². The fourth-order valence-corrected chi connectivity index (χ4v) is 1.47. The predicted molar refractivity (Wildman–Crippen MR) is 62.0 cm³/mol. The Bertz CT molecular complexity index is 335. The first-order chi connectivity index (χ1) is 7.61. The molecule has 0 amide bonds. The minimum absolute atomic E-state index is 0.145. The lowest BCUT2D eigenvalue weighted by atomic mass is 10.1. The first kappa shape index (κ1) is 12.8. The third-order valence-corrected chi connectivity index (χ3v) is 2.25. The van der Waals surface area contributed by atoms with Gasteiger partial charge in [-0.25, -0.2) is 0 Å². The van der Waals surface area contributed by atoms with Crippen molar-refractivity contribution in [1.29, 1.82) is 0 Å². The van der Waals surface area contributed by atoms with Gasteiger partial charge in [-0.1, -0.05) is 6.07 Å². The molecule has 0 saturated heterocycles. The summed E-state index contributed by atoms with van der Waals surface area (Å²) in [5, 5.41) is 8.76. The van der Waals surface area contributed by atoms with E-state index in [1.807, 2.05) is 24.1 Å². The minimum Gasteiger partial charge on any atom is -0.395 e. The number of nitrogens with zero attached hydrogens (tertiary/aromatic N) is 2. The first-order valence-corrected chi connectivity index (χ1v) is 5.34. The van der Waals surface area contributed by atoms with Crippen molar-refractivity contribution in [3.05, 3.63) is 29.6 Å². The summed E-state index contributed by atoms with van der Waals surface area (Å²) in [6.45, 7) is 3.07. The lowest BCUT2D eigenvalue weighted by Crippen LogP contribution is -2.22. The second-order valence-electron chi connectivity index (χ2n) is 4.00. The third kappa shape index (κ3) is 4.51. The number of Topliss-reactive ketones (excluding diaryl/α,β-unsaturated/α-hetero) is 1. The van der Waals surface area contributed by atoms with Crippen LogP contribution in [-0.4, -0.2) is 41.0 Å². The fraction of sp³-hybridized carbons (Fsp3) is 0.500. The highest BCUT2D eigenvalue weighted by atomic mass is 16.3. The van der Waals surface area contributed by atoms with Crippen molar-refractivity contribution in [3.8, 4) is 0 Å². The van der Waals surface area contributed by atoms with Gasteiger partial charge in [0.1, 0.15) is 5.78 Å². The van der Waals surface area contributed by atoms with Gasteiger partial charge in [0.15, 0.2) is 0 Å². The zero-order valence-corrected chi connectivity index (χ0v) is 9.81. The smallest absolute Gasteiger partial charge is 0.134 e. The Morgan fingerprint density at radius 3 is 2.75 bits per heavy atom. The van der Waals surface area contributed by atoms with Crippen molar-refractivity contribution < 1.29 is 9.90 Å². The monoisotopic (exact) mass is 222 g/mol. The molecule has 0 saturated carbocycles. The predicted octanol–water partition coefficient (Wildman–Crippen LogP) is 0.637. The molecular formula is C12H18N2O2. The van der Waals surface area contributed by atoms with Crippen LogP contribution in [0.1, 0.15) is 18.2 Å². The topological polar surface area (TPSA) is 53.4 Å². The molecule has 1 heterocycles. The molecule has 0 fully saturated rings. The second-order valence-corrected chi connectivity index (χ2v) is 4.00. The summed E-state index contributed by atoms with van der Waals surface area (Å²) in [5.74, 6) is 0.145. The molecule has 4 heteroatoms. The average Bonchev–Trinajstić information content (AvgIpc) is 2.20. The summed E-state index contributed by atoms with van der Waals surface area (Å²) >= 11 is 0. The van der Waals surface area contributed by atoms with Crippen LogP contribution in [0, 0.1) is 0 Å². The standard InChI is InChI=1S/C12H18N2O2/c1-10(16)7-11-3-4-12(13-8-11)9-14(2)5-6-15/h3-4,8,15H,5-7,9H2,1-2H3. The highest BCUT2D eigenvalue weighted by Crippen LogP contribution is 2.04. The minimum atomic E-state index is 0.145. The summed E-state index contributed by atoms with van der Waals surface area (Å²) in [6.07, 6.45) is 2.18. The Morgan fingerprint density at radius 1 is 1.50 bits per heavy atom. The average molecular weight is 222 g/mol. The van der Waals surface area contributed by atoms with E-state index in [0.29, 0.717) is 19.5 Å². The van der Waals surface area contributed by atoms with Gasteiger partial charge in [-0.3, -0.25) is 14.7 Å². The van der Waals surface area contributed by atoms with E-state index in [2.05, 4.69) is 4.98 Å². The SMILES string of the molecule is CC(=O)Cc1ccc(CN(C)CCO)nc1. The van der Waals surface area contributed by atoms with Crippen LogP contribution in [0.15, 0.2) is 18.3 Å². The Morgan fingerprint density at radius 2 is 2.25 bits per heavy atom. The number of ketones is 1. The van der Waals surface area contributed by atoms with E-state index in [-0.39, 0.29) is 12.4 Å². The maximum absolute atomic E-state index is 10.9. The summed E-state index contributed by atoms with van der Waals surface area (Å²) in [4.78, 5) is 17.2. The molecule has 4 nitrogen and oxygen atoms in total. The van der Waals surface area contributed by atoms with Crippen molar-refractivity contribution in [2.45, 2.75) is 19.9 Å². The van der Waals surface area contributed by atoms with Gasteiger partial charge in [0.2, 0.25) is 0 Å². The number of carbonyl (C=O) groups excluding carboxylic acids is 1. The lowest BCUT2D eigenvalue weighted by molar-refractivity contribution is -0.116. The molecule has 0 aliphatic heterocycles. The summed E-state index contributed by atoms with van der Waals surface area (Å²) in [6, 6.07) is 3.85. The highest BCUT2D eigenvalue weighted by molar-refractivity contribution is 5.78. The summed E-state index contributed by atoms with van der Waals surface area (Å²) < 4.78 is 0. The van der Waals surface area contributed by atoms with E-state index in [0.717, 1.165) is 11.3 Å². The normalized spacial score (nSPS) is 10.8. The van der Waals surface area contributed by atoms with Gasteiger partial charge in [0.05, 0.1) is 12.3 Å². The van der Waals surface area contributed by atoms with Crippen molar-refractivity contribution in [1.82, 2.24) is 9.88 Å². The van der Waals surface area contributed by atoms with Gasteiger partial charge in [-0.15, -0.1) is 0 Å². The maximum Gasteiger partial charge on any atom is 0.134 e. The third-order valence-electron chi connectivity index (χ3n) is 2.25. The van der Waals surface area contributed by atoms with Crippen molar-refractivity contribution in [2.75, 3.05) is 20.2 Å². The number of aliphatic hydroxyl groups excluding tert-OH is 1. The molecule has 0 aliphatic carbocycles. The van der Waals surface area contributed by atoms with Gasteiger partial charge in [-0.05, 0) is 25.6 Å². The Kier molecular flexibility index (Phi) is 5.08. The number of carbonyl (C=O) groups is 1. The lowest BCUT2D eigenvalue weighted by Gasteiger charge is -2.14. The number of likely N-dealkylation sites (N-methyl/N-ethyl adjacent to an activating group) is 1. The molecule has 0 spiro atoms. The molecule has 0 radical (unpaired) electrons. The quantitative estimate of drug-likeness (QED) is 0.767. The van der Waals surface area contributed by atoms with Crippen molar-refractivity contribution in [2.24, 2.45) is 0 Å². The molecule has 1 rings (SSSR count). The van der Waals surface area contributed by atoms with E-state index in [9.17, 15) is 4.79 Å². The van der Waals surface area contributed by atoms with Gasteiger partial charge in [0.25, 0.3) is 0 Å². The van der Waals surface area contributed by atoms with Gasteiger partial charge >= 0.3 is 0 Å². The zero-order valence-electron chi connectivity index (χ0n) is 9.81. The molecule has 0 unspecified atom stereocenters. The number of rotatable bonds is 6. The largest absolute Gasteiger partial charge is 0.395 e. The Hall–Kier alpha value is -1.26. The molecule has 88 valence electrons. The van der Waals surface area contributed by atoms with E-state index in [4.69, 9.17) is 5.11 Å². The number of hydrogen-bond acceptors (Lipinski definition) is 4. The molecule has 0 aromatic carbocycles. The number of pyridine rings is 1. The van der Waals surface area contributed by atoms with Crippen LogP contribution in [-0.2, 0) is 17.8 Å². The van der Waals surface area contributed by atoms with Gasteiger partial charge < -0.3 is 5.11 Å². The van der Waals surface area contributed by atoms with Crippen molar-refractivity contribution in [3.63, 3.8) is 0 Å². The van der Waals surface area contributed by atoms with Gasteiger partial charge in [-0.2, -0.15) is 0 Å². The summed E-state index contributed by atoms with van der Waals surface area (Å²) in [7, 11) is 1.93. The first-order valence-electron chi connectivity index (χ1n) is 5.34. The molecule has 1 aromatic heterocycles. The zero-order chi connectivity index (χ0) is 12.0. The number of aliphatic hydroxyl groups is 1. The van der Waals surface area contributed by atoms with Crippen LogP contribution in [0.2, 0.25) is 0 Å². The van der Waals surface area contributed by atoms with E-state index in [1.165, 1.54) is 0 Å². The molecule has 0 aliphatic rings. The molecular weight excluding hydrogens is 204 g/mol. The van der Waals surface area contributed by atoms with E-state index >= 15 is 0 Å². The van der Waals surface area contributed by atoms with Crippen LogP contribution in [0.25, 0.3) is 0 Å². The Balaban J connectivity index is 2.54. The van der Waals surface area contributed by atoms with Crippen LogP contribution < -0.4 is 0 Å². The Labute approximate surface area is 95.9 Å². The van der Waals surface area contributed by atoms with Gasteiger partial charge in [0, 0.05) is 25.7 Å². The summed E-state index contributed by atoms with van der Waals surface area (Å²) in [5.41, 5.74) is 1.89. The van der Waals surface area contributed by atoms with E-state index in [1.54, 1.807) is 13.1 Å². The second kappa shape index (κ2) is 6.35. The molecule has 1 aromatic rings. The molecule has 0 bridgehead atoms. The van der Waals surface area contributed by atoms with Crippen molar-refractivity contribution >= 4 is 5.78 Å². The van der Waals surface area contributed by atoms with Crippen LogP contribution in [0.4, 0.5) is 0 Å². The highest BCUT2D eigenvalue weighted by Gasteiger charge is 2.02. The van der Waals surface area contributed by atoms with Crippen LogP contribution >= 0.6 is 0 Å². The number of hydrogen-bond donors (Lipinski definition) is 1. The maximum atomic E-state index is 10.9. The molecule has 16 heavy (non-hydrogen) atoms. The molecule has 1 N–H and O–H groups in total. The fourth-order valence-electron chi connectivity index (χ4n) is 1.47. The van der Waals surface area contributed by atoms with Crippen LogP contribution in [0.5, 0.6) is 0 Å². The molecule has 0 atom stereocenters.